The van der Waals surface area contributed by atoms with Gasteiger partial charge >= 0.3 is 23.9 Å². The van der Waals surface area contributed by atoms with Crippen molar-refractivity contribution in [3.63, 3.8) is 0 Å². The van der Waals surface area contributed by atoms with Gasteiger partial charge in [0.15, 0.2) is 0 Å². The maximum Gasteiger partial charge on any atom is 0.328 e. The molecule has 0 aliphatic rings. The summed E-state index contributed by atoms with van der Waals surface area (Å²) in [6.45, 7) is 5.53. The first kappa shape index (κ1) is 27.4. The van der Waals surface area contributed by atoms with Crippen molar-refractivity contribution in [3.8, 4) is 0 Å². The number of nitrogens with two attached hydrogens (primary N) is 4. The highest BCUT2D eigenvalue weighted by Gasteiger charge is 2.40. The number of carbonyl (C=O) groups excluding carboxylic acids is 5. The summed E-state index contributed by atoms with van der Waals surface area (Å²) in [5.41, 5.74) is 0. The van der Waals surface area contributed by atoms with E-state index in [1.165, 1.54) is 11.8 Å². The lowest BCUT2D eigenvalue weighted by molar-refractivity contribution is -0.166. The van der Waals surface area contributed by atoms with Crippen LogP contribution in [0, 0.1) is 11.8 Å². The molecule has 2 atom stereocenters. The molecule has 162 valence electrons. The van der Waals surface area contributed by atoms with E-state index in [9.17, 15) is 24.0 Å². The van der Waals surface area contributed by atoms with Crippen molar-refractivity contribution < 1.29 is 43.3 Å². The molecule has 0 rings (SSSR count). The Kier molecular flexibility index (Phi) is 14.9. The maximum atomic E-state index is 12.2. The van der Waals surface area contributed by atoms with E-state index in [1.54, 1.807) is 13.8 Å². The standard InChI is InChI=1S/C12H22N4O7.C2H5NO2/c1-3-16(4-2)9(17)5-7(11(19)22-14)8(12(20)23-15)6-10(18)21-13;1-2(4)5-3/h7-8H,3-6,13-15H2,1-2H3;3H2,1H3/t7?,8-;/m1./s1. The highest BCUT2D eigenvalue weighted by Crippen LogP contribution is 2.24. The maximum absolute atomic E-state index is 12.2. The smallest absolute Gasteiger partial charge is 0.328 e. The van der Waals surface area contributed by atoms with E-state index < -0.39 is 54.5 Å². The molecule has 1 unspecified atom stereocenters. The first-order chi connectivity index (χ1) is 13.1. The van der Waals surface area contributed by atoms with Gasteiger partial charge < -0.3 is 24.3 Å². The number of hydrogen-bond acceptors (Lipinski definition) is 13. The van der Waals surface area contributed by atoms with E-state index in [0.29, 0.717) is 13.1 Å². The van der Waals surface area contributed by atoms with Crippen LogP contribution in [0.4, 0.5) is 0 Å². The van der Waals surface area contributed by atoms with Crippen molar-refractivity contribution >= 4 is 29.8 Å². The third kappa shape index (κ3) is 10.4. The Morgan fingerprint density at radius 2 is 1.14 bits per heavy atom. The number of carbonyl (C=O) groups is 5. The van der Waals surface area contributed by atoms with E-state index in [2.05, 4.69) is 25.2 Å². The predicted molar refractivity (Wildman–Crippen MR) is 90.9 cm³/mol. The molecule has 14 heteroatoms. The van der Waals surface area contributed by atoms with Gasteiger partial charge in [-0.1, -0.05) is 0 Å². The molecule has 0 aliphatic heterocycles. The molecular formula is C14H27N5O9. The summed E-state index contributed by atoms with van der Waals surface area (Å²) in [7, 11) is 0. The number of amides is 1. The van der Waals surface area contributed by atoms with Crippen LogP contribution in [0.1, 0.15) is 33.6 Å². The molecule has 0 aliphatic carbocycles. The minimum absolute atomic E-state index is 0.399. The average molecular weight is 409 g/mol. The van der Waals surface area contributed by atoms with Crippen LogP contribution in [0.15, 0.2) is 0 Å². The van der Waals surface area contributed by atoms with Crippen LogP contribution in [0.2, 0.25) is 0 Å². The molecule has 8 N–H and O–H groups in total. The number of hydrogen-bond donors (Lipinski definition) is 4. The van der Waals surface area contributed by atoms with Gasteiger partial charge in [0.05, 0.1) is 18.3 Å². The van der Waals surface area contributed by atoms with Crippen LogP contribution in [0.25, 0.3) is 0 Å². The third-order valence-corrected chi connectivity index (χ3v) is 3.52. The van der Waals surface area contributed by atoms with Gasteiger partial charge in [-0.2, -0.15) is 23.6 Å². The zero-order valence-electron chi connectivity index (χ0n) is 15.9. The molecule has 0 bridgehead atoms. The molecule has 0 saturated carbocycles. The predicted octanol–water partition coefficient (Wildman–Crippen LogP) is -2.46. The van der Waals surface area contributed by atoms with Crippen LogP contribution < -0.4 is 23.6 Å². The van der Waals surface area contributed by atoms with Crippen LogP contribution in [0.3, 0.4) is 0 Å². The zero-order valence-corrected chi connectivity index (χ0v) is 15.9. The van der Waals surface area contributed by atoms with Crippen molar-refractivity contribution in [2.45, 2.75) is 33.6 Å². The largest absolute Gasteiger partial charge is 0.374 e. The molecule has 14 nitrogen and oxygen atoms in total. The Balaban J connectivity index is 0. The lowest BCUT2D eigenvalue weighted by Crippen LogP contribution is -2.41. The van der Waals surface area contributed by atoms with Gasteiger partial charge in [0.25, 0.3) is 0 Å². The number of nitrogens with zero attached hydrogens (tertiary/aromatic N) is 1. The molecular weight excluding hydrogens is 382 g/mol. The van der Waals surface area contributed by atoms with Gasteiger partial charge in [0, 0.05) is 26.4 Å². The first-order valence-corrected chi connectivity index (χ1v) is 7.98. The first-order valence-electron chi connectivity index (χ1n) is 7.98. The van der Waals surface area contributed by atoms with Crippen LogP contribution in [-0.2, 0) is 43.3 Å². The summed E-state index contributed by atoms with van der Waals surface area (Å²) in [6, 6.07) is 0. The summed E-state index contributed by atoms with van der Waals surface area (Å²) >= 11 is 0. The van der Waals surface area contributed by atoms with Crippen molar-refractivity contribution in [1.29, 1.82) is 0 Å². The summed E-state index contributed by atoms with van der Waals surface area (Å²) in [5, 5.41) is 0. The average Bonchev–Trinajstić information content (AvgIpc) is 2.70. The van der Waals surface area contributed by atoms with Crippen molar-refractivity contribution in [3.05, 3.63) is 0 Å². The van der Waals surface area contributed by atoms with Gasteiger partial charge in [-0.3, -0.25) is 24.0 Å². The quantitative estimate of drug-likeness (QED) is 0.290. The fourth-order valence-electron chi connectivity index (χ4n) is 2.08. The second-order valence-corrected chi connectivity index (χ2v) is 5.16. The zero-order chi connectivity index (χ0) is 22.3. The summed E-state index contributed by atoms with van der Waals surface area (Å²) < 4.78 is 0. The van der Waals surface area contributed by atoms with E-state index in [-0.39, 0.29) is 0 Å². The van der Waals surface area contributed by atoms with Crippen molar-refractivity contribution in [1.82, 2.24) is 4.90 Å². The Morgan fingerprint density at radius 1 is 0.750 bits per heavy atom. The van der Waals surface area contributed by atoms with Crippen LogP contribution >= 0.6 is 0 Å². The Morgan fingerprint density at radius 3 is 1.43 bits per heavy atom. The molecule has 1 amide bonds. The van der Waals surface area contributed by atoms with Crippen molar-refractivity contribution in [2.24, 2.45) is 35.4 Å². The van der Waals surface area contributed by atoms with Gasteiger partial charge in [-0.05, 0) is 13.8 Å². The molecule has 0 aromatic heterocycles. The second kappa shape index (κ2) is 15.3. The topological polar surface area (TPSA) is 230 Å². The third-order valence-electron chi connectivity index (χ3n) is 3.52. The Bertz CT molecular complexity index is 539. The van der Waals surface area contributed by atoms with Crippen molar-refractivity contribution in [2.75, 3.05) is 13.1 Å². The van der Waals surface area contributed by atoms with Crippen LogP contribution in [-0.4, -0.2) is 47.8 Å². The lowest BCUT2D eigenvalue weighted by atomic mass is 9.86. The van der Waals surface area contributed by atoms with E-state index in [1.807, 2.05) is 0 Å². The summed E-state index contributed by atoms with van der Waals surface area (Å²) in [5.74, 6) is 11.8. The van der Waals surface area contributed by atoms with Gasteiger partial charge in [-0.25, -0.2) is 0 Å². The molecule has 0 saturated heterocycles. The normalized spacial score (nSPS) is 11.7. The highest BCUT2D eigenvalue weighted by molar-refractivity contribution is 5.89. The minimum atomic E-state index is -1.42. The molecule has 0 spiro atoms. The van der Waals surface area contributed by atoms with E-state index >= 15 is 0 Å². The van der Waals surface area contributed by atoms with Gasteiger partial charge in [0.1, 0.15) is 0 Å². The molecule has 0 fully saturated rings. The van der Waals surface area contributed by atoms with Gasteiger partial charge in [-0.15, -0.1) is 0 Å². The fraction of sp³-hybridized carbons (Fsp3) is 0.643. The molecule has 0 heterocycles. The van der Waals surface area contributed by atoms with Gasteiger partial charge in [0.2, 0.25) is 5.91 Å². The SMILES string of the molecule is CC(=O)ON.CCN(CC)C(=O)CC(C(=O)ON)[C@@H](CC(=O)ON)C(=O)ON. The monoisotopic (exact) mass is 409 g/mol. The van der Waals surface area contributed by atoms with E-state index in [4.69, 9.17) is 17.7 Å². The molecule has 0 aromatic rings. The minimum Gasteiger partial charge on any atom is -0.374 e. The Hall–Kier alpha value is -2.81. The second-order valence-electron chi connectivity index (χ2n) is 5.16. The molecule has 28 heavy (non-hydrogen) atoms. The molecule has 0 aromatic carbocycles. The highest BCUT2D eigenvalue weighted by atomic mass is 16.7. The van der Waals surface area contributed by atoms with E-state index in [0.717, 1.165) is 0 Å². The van der Waals surface area contributed by atoms with Crippen LogP contribution in [0.5, 0.6) is 0 Å². The molecule has 0 radical (unpaired) electrons. The summed E-state index contributed by atoms with van der Waals surface area (Å²) in [4.78, 5) is 73.7. The Labute approximate surface area is 161 Å². The fourth-order valence-corrected chi connectivity index (χ4v) is 2.08. The lowest BCUT2D eigenvalue weighted by Gasteiger charge is -2.24. The number of rotatable bonds is 9. The summed E-state index contributed by atoms with van der Waals surface area (Å²) in [6.07, 6.45) is -1.05.